The minimum absolute atomic E-state index is 0.131. The molecule has 1 amide bonds. The van der Waals surface area contributed by atoms with Crippen LogP contribution in [0.1, 0.15) is 100 Å². The maximum atomic E-state index is 14.9. The Morgan fingerprint density at radius 3 is 2.39 bits per heavy atom. The molecule has 14 atom stereocenters. The van der Waals surface area contributed by atoms with Crippen LogP contribution in [0.25, 0.3) is 0 Å². The molecule has 16 nitrogen and oxygen atoms in total. The number of Topliss-reactive ketones (excluding diaryl/α,β-unsaturated/α-hetero) is 1. The second kappa shape index (κ2) is 21.1. The third-order valence-corrected chi connectivity index (χ3v) is 13.7. The summed E-state index contributed by atoms with van der Waals surface area (Å²) < 4.78 is 40.5. The Hall–Kier alpha value is -3.96. The standard InChI is InChI=1S/C46H71N5O11/c1-12-35-46(9)40(51(44(56)62-46)22-17-16-21-50-23-20-47-27-50)30(5)37(53)28(3)26-45(8,57-11)41(61-43-38(54)34(49(10)13-2)24-29(4)58-43)31(6)39(32(7)42(55)59-35)60-36(52)25-33-18-14-15-19-48-33/h14-15,18-20,23,27-32,34-35,38-41,43,54H,12-13,16-17,21-22,24-26H2,1-11H3/t28-,29+,30+,31+,32-,34-,35-,38+,39+,40-,41-,43-,45-,46-/m1/s1. The van der Waals surface area contributed by atoms with Gasteiger partial charge in [0, 0.05) is 62.6 Å². The number of pyridine rings is 1. The Bertz CT molecular complexity index is 1780. The van der Waals surface area contributed by atoms with E-state index in [1.165, 1.54) is 7.11 Å². The fraction of sp³-hybridized carbons (Fsp3) is 0.739. The lowest BCUT2D eigenvalue weighted by molar-refractivity contribution is -0.302. The summed E-state index contributed by atoms with van der Waals surface area (Å²) in [5, 5.41) is 11.8. The first-order valence-corrected chi connectivity index (χ1v) is 22.4. The number of esters is 2. The maximum Gasteiger partial charge on any atom is 0.410 e. The van der Waals surface area contributed by atoms with E-state index in [4.69, 9.17) is 28.4 Å². The molecule has 0 bridgehead atoms. The van der Waals surface area contributed by atoms with Crippen molar-refractivity contribution in [3.63, 3.8) is 0 Å². The molecular formula is C46H71N5O11. The topological polar surface area (TPSA) is 181 Å². The second-order valence-corrected chi connectivity index (χ2v) is 18.2. The van der Waals surface area contributed by atoms with Gasteiger partial charge >= 0.3 is 18.0 Å². The molecule has 2 aromatic rings. The minimum atomic E-state index is -1.41. The number of aliphatic hydroxyl groups excluding tert-OH is 1. The van der Waals surface area contributed by atoms with Crippen molar-refractivity contribution in [2.75, 3.05) is 27.2 Å². The summed E-state index contributed by atoms with van der Waals surface area (Å²) in [6.07, 6.45) is 2.86. The van der Waals surface area contributed by atoms with Gasteiger partial charge in [-0.05, 0) is 85.5 Å². The monoisotopic (exact) mass is 870 g/mol. The normalized spacial score (nSPS) is 36.1. The predicted molar refractivity (Wildman–Crippen MR) is 228 cm³/mol. The van der Waals surface area contributed by atoms with Gasteiger partial charge in [-0.15, -0.1) is 0 Å². The van der Waals surface area contributed by atoms with E-state index in [9.17, 15) is 24.3 Å². The van der Waals surface area contributed by atoms with Crippen LogP contribution in [0.15, 0.2) is 43.1 Å². The average molecular weight is 870 g/mol. The first-order valence-electron chi connectivity index (χ1n) is 22.4. The van der Waals surface area contributed by atoms with Crippen molar-refractivity contribution >= 4 is 23.8 Å². The third-order valence-electron chi connectivity index (χ3n) is 13.7. The van der Waals surface area contributed by atoms with Gasteiger partial charge in [-0.25, -0.2) is 9.78 Å². The minimum Gasteiger partial charge on any atom is -0.461 e. The highest BCUT2D eigenvalue weighted by Crippen LogP contribution is 2.44. The number of amides is 1. The van der Waals surface area contributed by atoms with Gasteiger partial charge in [-0.3, -0.25) is 19.4 Å². The van der Waals surface area contributed by atoms with E-state index >= 15 is 0 Å². The summed E-state index contributed by atoms with van der Waals surface area (Å²) in [5.74, 6) is -4.75. The van der Waals surface area contributed by atoms with E-state index in [1.807, 2.05) is 57.3 Å². The number of aliphatic hydroxyl groups is 1. The maximum absolute atomic E-state index is 14.9. The fourth-order valence-corrected chi connectivity index (χ4v) is 10.1. The lowest BCUT2D eigenvalue weighted by atomic mass is 9.73. The Morgan fingerprint density at radius 2 is 1.76 bits per heavy atom. The molecular weight excluding hydrogens is 799 g/mol. The van der Waals surface area contributed by atoms with Crippen molar-refractivity contribution in [3.8, 4) is 0 Å². The first-order chi connectivity index (χ1) is 29.4. The summed E-state index contributed by atoms with van der Waals surface area (Å²) in [6.45, 7) is 18.1. The molecule has 1 N–H and O–H groups in total. The van der Waals surface area contributed by atoms with Gasteiger partial charge < -0.3 is 47.9 Å². The summed E-state index contributed by atoms with van der Waals surface area (Å²) >= 11 is 0. The number of hydrogen-bond acceptors (Lipinski definition) is 14. The number of imidazole rings is 1. The molecule has 5 rings (SSSR count). The number of carbonyl (C=O) groups excluding carboxylic acids is 4. The summed E-state index contributed by atoms with van der Waals surface area (Å²) in [4.78, 5) is 69.4. The zero-order valence-electron chi connectivity index (χ0n) is 38.6. The molecule has 0 unspecified atom stereocenters. The van der Waals surface area contributed by atoms with Gasteiger partial charge in [-0.2, -0.15) is 0 Å². The Kier molecular flexibility index (Phi) is 16.7. The molecule has 0 saturated carbocycles. The van der Waals surface area contributed by atoms with E-state index in [1.54, 1.807) is 69.5 Å². The lowest BCUT2D eigenvalue weighted by Gasteiger charge is -2.48. The van der Waals surface area contributed by atoms with Crippen LogP contribution < -0.4 is 0 Å². The number of rotatable bonds is 14. The molecule has 0 aromatic carbocycles. The van der Waals surface area contributed by atoms with Crippen LogP contribution in [-0.2, 0) is 55.8 Å². The number of fused-ring (bicyclic) bond motifs is 1. The number of likely N-dealkylation sites (N-methyl/N-ethyl adjacent to an activating group) is 1. The highest BCUT2D eigenvalue weighted by Gasteiger charge is 2.60. The van der Waals surface area contributed by atoms with Crippen LogP contribution in [0.5, 0.6) is 0 Å². The number of cyclic esters (lactones) is 1. The largest absolute Gasteiger partial charge is 0.461 e. The van der Waals surface area contributed by atoms with Crippen molar-refractivity contribution in [1.29, 1.82) is 0 Å². The predicted octanol–water partition coefficient (Wildman–Crippen LogP) is 5.24. The molecule has 2 aromatic heterocycles. The van der Waals surface area contributed by atoms with Crippen molar-refractivity contribution < 1.29 is 52.7 Å². The second-order valence-electron chi connectivity index (χ2n) is 18.2. The quantitative estimate of drug-likeness (QED) is 0.148. The van der Waals surface area contributed by atoms with Gasteiger partial charge in [0.1, 0.15) is 24.1 Å². The molecule has 3 aliphatic rings. The van der Waals surface area contributed by atoms with E-state index in [0.717, 1.165) is 6.42 Å². The molecule has 3 fully saturated rings. The van der Waals surface area contributed by atoms with Crippen LogP contribution in [0.2, 0.25) is 0 Å². The molecule has 3 aliphatic heterocycles. The van der Waals surface area contributed by atoms with E-state index in [-0.39, 0.29) is 37.2 Å². The third kappa shape index (κ3) is 10.9. The smallest absolute Gasteiger partial charge is 0.410 e. The molecule has 0 spiro atoms. The van der Waals surface area contributed by atoms with Gasteiger partial charge in [0.15, 0.2) is 11.9 Å². The molecule has 346 valence electrons. The van der Waals surface area contributed by atoms with Gasteiger partial charge in [-0.1, -0.05) is 40.7 Å². The van der Waals surface area contributed by atoms with E-state index in [0.29, 0.717) is 38.2 Å². The van der Waals surface area contributed by atoms with Crippen molar-refractivity contribution in [3.05, 3.63) is 48.8 Å². The number of carbonyl (C=O) groups is 4. The number of hydrogen-bond donors (Lipinski definition) is 1. The highest BCUT2D eigenvalue weighted by molar-refractivity contribution is 5.85. The van der Waals surface area contributed by atoms with Crippen LogP contribution in [0, 0.1) is 23.7 Å². The summed E-state index contributed by atoms with van der Waals surface area (Å²) in [6, 6.07) is 4.15. The highest BCUT2D eigenvalue weighted by atomic mass is 16.7. The number of aromatic nitrogens is 3. The molecule has 0 radical (unpaired) electrons. The van der Waals surface area contributed by atoms with Crippen LogP contribution in [-0.4, -0.2) is 141 Å². The molecule has 5 heterocycles. The Balaban J connectivity index is 1.58. The van der Waals surface area contributed by atoms with E-state index < -0.39 is 89.7 Å². The number of aryl methyl sites for hydroxylation is 1. The van der Waals surface area contributed by atoms with Gasteiger partial charge in [0.25, 0.3) is 0 Å². The zero-order valence-corrected chi connectivity index (χ0v) is 38.6. The van der Waals surface area contributed by atoms with Crippen molar-refractivity contribution in [2.45, 2.75) is 167 Å². The number of ketones is 1. The fourth-order valence-electron chi connectivity index (χ4n) is 10.1. The summed E-state index contributed by atoms with van der Waals surface area (Å²) in [5.41, 5.74) is -2.21. The lowest BCUT2D eigenvalue weighted by Crippen LogP contribution is -2.61. The molecule has 16 heteroatoms. The van der Waals surface area contributed by atoms with Crippen molar-refractivity contribution in [2.24, 2.45) is 23.7 Å². The molecule has 0 aliphatic carbocycles. The Morgan fingerprint density at radius 1 is 1.03 bits per heavy atom. The van der Waals surface area contributed by atoms with Gasteiger partial charge in [0.05, 0.1) is 48.2 Å². The molecule has 62 heavy (non-hydrogen) atoms. The number of ether oxygens (including phenoxy) is 6. The van der Waals surface area contributed by atoms with Crippen LogP contribution >= 0.6 is 0 Å². The first kappa shape index (κ1) is 49.1. The SMILES string of the molecule is CC[C@H]1OC(=O)[C@H](C)[C@@H](OC(=O)Cc2ccccn2)[C@H](C)[C@@H](O[C@H]2O[C@@H](C)C[C@@H](N(C)CC)[C@@H]2O)[C@](C)(OC)C[C@@H](C)C(=O)[C@H](C)[C@H]2N(CCCCn3ccnc3)C(=O)O[C@]12C. The molecule has 3 saturated heterocycles. The average Bonchev–Trinajstić information content (AvgIpc) is 3.86. The van der Waals surface area contributed by atoms with Gasteiger partial charge in [0.2, 0.25) is 0 Å². The number of unbranched alkanes of at least 4 members (excludes halogenated alkanes) is 1. The number of nitrogens with zero attached hydrogens (tertiary/aromatic N) is 5. The number of methoxy groups -OCH3 is 1. The zero-order chi connectivity index (χ0) is 45.5. The van der Waals surface area contributed by atoms with Crippen molar-refractivity contribution in [1.82, 2.24) is 24.3 Å². The summed E-state index contributed by atoms with van der Waals surface area (Å²) in [7, 11) is 3.46. The Labute approximate surface area is 367 Å². The van der Waals surface area contributed by atoms with E-state index in [2.05, 4.69) is 9.97 Å². The van der Waals surface area contributed by atoms with Crippen LogP contribution in [0.4, 0.5) is 4.79 Å². The van der Waals surface area contributed by atoms with Crippen LogP contribution in [0.3, 0.4) is 0 Å².